The molecule has 1 N–H and O–H groups in total. The largest absolute Gasteiger partial charge is 0.497 e. The zero-order chi connectivity index (χ0) is 20.1. The van der Waals surface area contributed by atoms with Crippen LogP contribution in [0.1, 0.15) is 5.56 Å². The quantitative estimate of drug-likeness (QED) is 0.421. The van der Waals surface area contributed by atoms with Crippen LogP contribution >= 0.6 is 0 Å². The Morgan fingerprint density at radius 3 is 2.24 bits per heavy atom. The molecule has 0 saturated heterocycles. The van der Waals surface area contributed by atoms with Gasteiger partial charge in [0.05, 0.1) is 7.11 Å². The maximum absolute atomic E-state index is 12.1. The third-order valence-corrected chi connectivity index (χ3v) is 4.76. The molecule has 4 aromatic carbocycles. The molecule has 3 nitrogen and oxygen atoms in total. The van der Waals surface area contributed by atoms with Crippen molar-refractivity contribution in [1.82, 2.24) is 0 Å². The lowest BCUT2D eigenvalue weighted by molar-refractivity contribution is -0.111. The van der Waals surface area contributed by atoms with E-state index in [0.717, 1.165) is 38.9 Å². The molecule has 0 heterocycles. The summed E-state index contributed by atoms with van der Waals surface area (Å²) in [4.78, 5) is 12.1. The van der Waals surface area contributed by atoms with Crippen LogP contribution in [0.25, 0.3) is 28.0 Å². The molecule has 3 heteroatoms. The topological polar surface area (TPSA) is 38.3 Å². The number of fused-ring (bicyclic) bond motifs is 1. The number of ether oxygens (including phenoxy) is 1. The second kappa shape index (κ2) is 8.44. The Balaban J connectivity index is 1.47. The smallest absolute Gasteiger partial charge is 0.248 e. The third-order valence-electron chi connectivity index (χ3n) is 4.76. The first-order valence-corrected chi connectivity index (χ1v) is 9.44. The minimum atomic E-state index is -0.152. The van der Waals surface area contributed by atoms with Gasteiger partial charge in [0.25, 0.3) is 0 Å². The number of hydrogen-bond acceptors (Lipinski definition) is 2. The monoisotopic (exact) mass is 379 g/mol. The van der Waals surface area contributed by atoms with Gasteiger partial charge in [-0.15, -0.1) is 0 Å². The normalized spacial score (nSPS) is 10.9. The summed E-state index contributed by atoms with van der Waals surface area (Å²) in [6.07, 6.45) is 3.34. The van der Waals surface area contributed by atoms with Gasteiger partial charge >= 0.3 is 0 Å². The van der Waals surface area contributed by atoms with Crippen molar-refractivity contribution >= 4 is 28.4 Å². The molecule has 0 atom stereocenters. The van der Waals surface area contributed by atoms with Gasteiger partial charge in [0.1, 0.15) is 5.75 Å². The summed E-state index contributed by atoms with van der Waals surface area (Å²) >= 11 is 0. The van der Waals surface area contributed by atoms with Crippen LogP contribution in [0, 0.1) is 0 Å². The number of nitrogens with one attached hydrogen (secondary N) is 1. The van der Waals surface area contributed by atoms with Gasteiger partial charge in [-0.1, -0.05) is 60.7 Å². The van der Waals surface area contributed by atoms with E-state index in [1.165, 1.54) is 0 Å². The number of methoxy groups -OCH3 is 1. The van der Waals surface area contributed by atoms with Crippen LogP contribution < -0.4 is 10.1 Å². The molecule has 0 aliphatic rings. The van der Waals surface area contributed by atoms with E-state index in [2.05, 4.69) is 29.6 Å². The summed E-state index contributed by atoms with van der Waals surface area (Å²) < 4.78 is 5.29. The van der Waals surface area contributed by atoms with Crippen LogP contribution in [0.5, 0.6) is 5.75 Å². The van der Waals surface area contributed by atoms with Crippen molar-refractivity contribution in [2.75, 3.05) is 12.4 Å². The van der Waals surface area contributed by atoms with Crippen molar-refractivity contribution in [3.8, 4) is 16.9 Å². The Hall–Kier alpha value is -3.85. The second-order valence-electron chi connectivity index (χ2n) is 6.74. The Labute approximate surface area is 170 Å². The van der Waals surface area contributed by atoms with Crippen LogP contribution in [-0.2, 0) is 4.79 Å². The molecule has 0 spiro atoms. The minimum absolute atomic E-state index is 0.152. The van der Waals surface area contributed by atoms with E-state index in [1.807, 2.05) is 66.7 Å². The van der Waals surface area contributed by atoms with Crippen LogP contribution in [0.15, 0.2) is 97.1 Å². The summed E-state index contributed by atoms with van der Waals surface area (Å²) in [6, 6.07) is 30.0. The van der Waals surface area contributed by atoms with E-state index in [4.69, 9.17) is 4.74 Å². The lowest BCUT2D eigenvalue weighted by Crippen LogP contribution is -2.07. The highest BCUT2D eigenvalue weighted by Crippen LogP contribution is 2.27. The molecule has 1 amide bonds. The summed E-state index contributed by atoms with van der Waals surface area (Å²) in [5.74, 6) is 0.702. The van der Waals surface area contributed by atoms with Crippen molar-refractivity contribution in [3.05, 3.63) is 103 Å². The van der Waals surface area contributed by atoms with Gasteiger partial charge in [-0.05, 0) is 63.9 Å². The Kier molecular flexibility index (Phi) is 5.39. The fraction of sp³-hybridized carbons (Fsp3) is 0.0385. The van der Waals surface area contributed by atoms with Crippen molar-refractivity contribution in [1.29, 1.82) is 0 Å². The molecule has 0 unspecified atom stereocenters. The summed E-state index contributed by atoms with van der Waals surface area (Å²) in [6.45, 7) is 0. The molecular formula is C26H21NO2. The Bertz CT molecular complexity index is 1160. The van der Waals surface area contributed by atoms with Gasteiger partial charge in [-0.25, -0.2) is 0 Å². The van der Waals surface area contributed by atoms with Crippen LogP contribution in [0.4, 0.5) is 5.69 Å². The summed E-state index contributed by atoms with van der Waals surface area (Å²) in [5, 5.41) is 5.19. The number of benzene rings is 4. The molecule has 0 aliphatic carbocycles. The standard InChI is InChI=1S/C26H21NO2/c1-29-25-15-12-22-17-21(8-9-23(22)18-25)20-10-13-24(14-11-20)27-26(28)16-7-19-5-3-2-4-6-19/h2-18H,1H3,(H,27,28)/b16-7+. The van der Waals surface area contributed by atoms with Gasteiger partial charge in [-0.3, -0.25) is 4.79 Å². The molecule has 0 aromatic heterocycles. The molecule has 29 heavy (non-hydrogen) atoms. The third kappa shape index (κ3) is 4.53. The molecule has 142 valence electrons. The van der Waals surface area contributed by atoms with E-state index in [0.29, 0.717) is 0 Å². The number of amides is 1. The number of rotatable bonds is 5. The van der Waals surface area contributed by atoms with Crippen molar-refractivity contribution in [3.63, 3.8) is 0 Å². The van der Waals surface area contributed by atoms with E-state index >= 15 is 0 Å². The van der Waals surface area contributed by atoms with Gasteiger partial charge < -0.3 is 10.1 Å². The second-order valence-corrected chi connectivity index (χ2v) is 6.74. The molecular weight excluding hydrogens is 358 g/mol. The fourth-order valence-electron chi connectivity index (χ4n) is 3.20. The van der Waals surface area contributed by atoms with E-state index < -0.39 is 0 Å². The zero-order valence-corrected chi connectivity index (χ0v) is 16.1. The minimum Gasteiger partial charge on any atom is -0.497 e. The molecule has 0 aliphatic heterocycles. The SMILES string of the molecule is COc1ccc2cc(-c3ccc(NC(=O)/C=C/c4ccccc4)cc3)ccc2c1. The molecule has 0 radical (unpaired) electrons. The van der Waals surface area contributed by atoms with Crippen molar-refractivity contribution in [2.24, 2.45) is 0 Å². The first-order chi connectivity index (χ1) is 14.2. The number of anilines is 1. The fourth-order valence-corrected chi connectivity index (χ4v) is 3.20. The van der Waals surface area contributed by atoms with Crippen molar-refractivity contribution < 1.29 is 9.53 Å². The zero-order valence-electron chi connectivity index (χ0n) is 16.1. The molecule has 0 bridgehead atoms. The Morgan fingerprint density at radius 1 is 0.793 bits per heavy atom. The molecule has 4 rings (SSSR count). The molecule has 0 fully saturated rings. The van der Waals surface area contributed by atoms with E-state index in [1.54, 1.807) is 19.3 Å². The van der Waals surface area contributed by atoms with Gasteiger partial charge in [0.2, 0.25) is 5.91 Å². The van der Waals surface area contributed by atoms with Gasteiger partial charge in [0.15, 0.2) is 0 Å². The van der Waals surface area contributed by atoms with E-state index in [9.17, 15) is 4.79 Å². The maximum Gasteiger partial charge on any atom is 0.248 e. The van der Waals surface area contributed by atoms with Crippen molar-refractivity contribution in [2.45, 2.75) is 0 Å². The predicted octanol–water partition coefficient (Wildman–Crippen LogP) is 6.17. The average Bonchev–Trinajstić information content (AvgIpc) is 2.78. The maximum atomic E-state index is 12.1. The number of hydrogen-bond donors (Lipinski definition) is 1. The highest BCUT2D eigenvalue weighted by Gasteiger charge is 2.03. The van der Waals surface area contributed by atoms with Crippen LogP contribution in [-0.4, -0.2) is 13.0 Å². The first-order valence-electron chi connectivity index (χ1n) is 9.44. The lowest BCUT2D eigenvalue weighted by atomic mass is 10.0. The predicted molar refractivity (Wildman–Crippen MR) is 120 cm³/mol. The summed E-state index contributed by atoms with van der Waals surface area (Å²) in [7, 11) is 1.67. The van der Waals surface area contributed by atoms with Gasteiger partial charge in [-0.2, -0.15) is 0 Å². The summed E-state index contributed by atoms with van der Waals surface area (Å²) in [5.41, 5.74) is 3.99. The number of carbonyl (C=O) groups is 1. The van der Waals surface area contributed by atoms with Gasteiger partial charge in [0, 0.05) is 11.8 Å². The Morgan fingerprint density at radius 2 is 1.48 bits per heavy atom. The molecule has 4 aromatic rings. The van der Waals surface area contributed by atoms with Crippen LogP contribution in [0.3, 0.4) is 0 Å². The lowest BCUT2D eigenvalue weighted by Gasteiger charge is -2.08. The average molecular weight is 379 g/mol. The van der Waals surface area contributed by atoms with E-state index in [-0.39, 0.29) is 5.91 Å². The molecule has 0 saturated carbocycles. The highest BCUT2D eigenvalue weighted by atomic mass is 16.5. The first kappa shape index (κ1) is 18.5. The highest BCUT2D eigenvalue weighted by molar-refractivity contribution is 6.02. The number of carbonyl (C=O) groups excluding carboxylic acids is 1. The van der Waals surface area contributed by atoms with Crippen LogP contribution in [0.2, 0.25) is 0 Å².